The summed E-state index contributed by atoms with van der Waals surface area (Å²) in [5, 5.41) is 0. The zero-order chi connectivity index (χ0) is 12.8. The second-order valence-corrected chi connectivity index (χ2v) is 4.47. The van der Waals surface area contributed by atoms with E-state index in [0.717, 1.165) is 12.8 Å². The molecule has 0 aliphatic heterocycles. The lowest BCUT2D eigenvalue weighted by Gasteiger charge is -2.18. The summed E-state index contributed by atoms with van der Waals surface area (Å²) < 4.78 is 0. The SMILES string of the molecule is Cc1ccccc1C(CCc1ccncc1)NN. The smallest absolute Gasteiger partial charge is 0.0465 e. The second kappa shape index (κ2) is 6.28. The van der Waals surface area contributed by atoms with E-state index in [2.05, 4.69) is 41.6 Å². The summed E-state index contributed by atoms with van der Waals surface area (Å²) in [4.78, 5) is 4.02. The summed E-state index contributed by atoms with van der Waals surface area (Å²) >= 11 is 0. The highest BCUT2D eigenvalue weighted by Gasteiger charge is 2.11. The Balaban J connectivity index is 2.04. The van der Waals surface area contributed by atoms with Crippen molar-refractivity contribution in [2.24, 2.45) is 5.84 Å². The van der Waals surface area contributed by atoms with Crippen molar-refractivity contribution in [3.05, 3.63) is 65.5 Å². The maximum atomic E-state index is 5.68. The number of rotatable bonds is 5. The number of hydrogen-bond donors (Lipinski definition) is 2. The van der Waals surface area contributed by atoms with Crippen molar-refractivity contribution in [1.29, 1.82) is 0 Å². The van der Waals surface area contributed by atoms with Crippen LogP contribution in [0.25, 0.3) is 0 Å². The molecule has 18 heavy (non-hydrogen) atoms. The lowest BCUT2D eigenvalue weighted by Crippen LogP contribution is -2.28. The minimum Gasteiger partial charge on any atom is -0.271 e. The van der Waals surface area contributed by atoms with Gasteiger partial charge in [-0.3, -0.25) is 16.3 Å². The van der Waals surface area contributed by atoms with Crippen LogP contribution in [0.5, 0.6) is 0 Å². The zero-order valence-corrected chi connectivity index (χ0v) is 10.6. The van der Waals surface area contributed by atoms with Gasteiger partial charge in [-0.25, -0.2) is 0 Å². The van der Waals surface area contributed by atoms with E-state index >= 15 is 0 Å². The molecule has 0 aliphatic carbocycles. The van der Waals surface area contributed by atoms with E-state index in [1.54, 1.807) is 0 Å². The quantitative estimate of drug-likeness (QED) is 0.624. The Labute approximate surface area is 108 Å². The van der Waals surface area contributed by atoms with Gasteiger partial charge in [0, 0.05) is 18.4 Å². The van der Waals surface area contributed by atoms with Gasteiger partial charge in [-0.15, -0.1) is 0 Å². The van der Waals surface area contributed by atoms with Crippen molar-refractivity contribution in [3.8, 4) is 0 Å². The van der Waals surface area contributed by atoms with Crippen molar-refractivity contribution in [1.82, 2.24) is 10.4 Å². The van der Waals surface area contributed by atoms with E-state index in [9.17, 15) is 0 Å². The topological polar surface area (TPSA) is 50.9 Å². The van der Waals surface area contributed by atoms with Gasteiger partial charge in [-0.2, -0.15) is 0 Å². The molecule has 1 heterocycles. The molecule has 94 valence electrons. The Morgan fingerprint density at radius 1 is 1.17 bits per heavy atom. The van der Waals surface area contributed by atoms with Crippen LogP contribution in [-0.2, 0) is 6.42 Å². The molecule has 3 N–H and O–H groups in total. The van der Waals surface area contributed by atoms with Gasteiger partial charge in [-0.05, 0) is 48.6 Å². The van der Waals surface area contributed by atoms with Gasteiger partial charge in [0.1, 0.15) is 0 Å². The summed E-state index contributed by atoms with van der Waals surface area (Å²) in [5.41, 5.74) is 6.75. The van der Waals surface area contributed by atoms with E-state index in [1.807, 2.05) is 24.5 Å². The first kappa shape index (κ1) is 12.7. The third-order valence-corrected chi connectivity index (χ3v) is 3.24. The van der Waals surface area contributed by atoms with E-state index in [1.165, 1.54) is 16.7 Å². The molecule has 0 saturated carbocycles. The fourth-order valence-corrected chi connectivity index (χ4v) is 2.17. The Kier molecular flexibility index (Phi) is 4.45. The number of benzene rings is 1. The highest BCUT2D eigenvalue weighted by Crippen LogP contribution is 2.21. The predicted octanol–water partition coefficient (Wildman–Crippen LogP) is 2.53. The molecule has 1 aromatic heterocycles. The third kappa shape index (κ3) is 3.15. The number of aromatic nitrogens is 1. The standard InChI is InChI=1S/C15H19N3/c1-12-4-2-3-5-14(12)15(18-16)7-6-13-8-10-17-11-9-13/h2-5,8-11,15,18H,6-7,16H2,1H3. The predicted molar refractivity (Wildman–Crippen MR) is 73.8 cm³/mol. The summed E-state index contributed by atoms with van der Waals surface area (Å²) in [6, 6.07) is 12.6. The molecule has 0 radical (unpaired) electrons. The van der Waals surface area contributed by atoms with Crippen LogP contribution < -0.4 is 11.3 Å². The molecule has 1 unspecified atom stereocenters. The highest BCUT2D eigenvalue weighted by molar-refractivity contribution is 5.28. The van der Waals surface area contributed by atoms with Crippen LogP contribution in [0.15, 0.2) is 48.8 Å². The van der Waals surface area contributed by atoms with Crippen LogP contribution in [-0.4, -0.2) is 4.98 Å². The first-order chi connectivity index (χ1) is 8.81. The van der Waals surface area contributed by atoms with E-state index in [0.29, 0.717) is 0 Å². The van der Waals surface area contributed by atoms with Crippen molar-refractivity contribution < 1.29 is 0 Å². The van der Waals surface area contributed by atoms with E-state index < -0.39 is 0 Å². The minimum absolute atomic E-state index is 0.194. The summed E-state index contributed by atoms with van der Waals surface area (Å²) in [7, 11) is 0. The first-order valence-electron chi connectivity index (χ1n) is 6.22. The molecule has 3 nitrogen and oxygen atoms in total. The van der Waals surface area contributed by atoms with Gasteiger partial charge >= 0.3 is 0 Å². The van der Waals surface area contributed by atoms with Crippen LogP contribution in [0.2, 0.25) is 0 Å². The van der Waals surface area contributed by atoms with Gasteiger partial charge in [0.15, 0.2) is 0 Å². The van der Waals surface area contributed by atoms with Crippen LogP contribution in [0, 0.1) is 6.92 Å². The largest absolute Gasteiger partial charge is 0.271 e. The fraction of sp³-hybridized carbons (Fsp3) is 0.267. The molecule has 0 amide bonds. The molecular weight excluding hydrogens is 222 g/mol. The molecule has 0 fully saturated rings. The molecule has 0 spiro atoms. The van der Waals surface area contributed by atoms with Crippen molar-refractivity contribution in [2.75, 3.05) is 0 Å². The summed E-state index contributed by atoms with van der Waals surface area (Å²) in [6.07, 6.45) is 5.62. The molecule has 0 bridgehead atoms. The molecule has 2 aromatic rings. The second-order valence-electron chi connectivity index (χ2n) is 4.47. The van der Waals surface area contributed by atoms with Crippen molar-refractivity contribution in [2.45, 2.75) is 25.8 Å². The lowest BCUT2D eigenvalue weighted by atomic mass is 9.96. The van der Waals surface area contributed by atoms with Gasteiger partial charge in [0.25, 0.3) is 0 Å². The number of nitrogens with one attached hydrogen (secondary N) is 1. The number of aryl methyl sites for hydroxylation is 2. The molecule has 0 saturated heterocycles. The van der Waals surface area contributed by atoms with Crippen LogP contribution >= 0.6 is 0 Å². The first-order valence-corrected chi connectivity index (χ1v) is 6.22. The van der Waals surface area contributed by atoms with Crippen LogP contribution in [0.3, 0.4) is 0 Å². The molecule has 0 aliphatic rings. The molecule has 1 aromatic carbocycles. The number of hydrazine groups is 1. The van der Waals surface area contributed by atoms with Gasteiger partial charge in [0.05, 0.1) is 0 Å². The maximum absolute atomic E-state index is 5.68. The Bertz CT molecular complexity index is 482. The van der Waals surface area contributed by atoms with E-state index in [4.69, 9.17) is 5.84 Å². The molecule has 3 heteroatoms. The number of hydrogen-bond acceptors (Lipinski definition) is 3. The third-order valence-electron chi connectivity index (χ3n) is 3.24. The molecule has 2 rings (SSSR count). The van der Waals surface area contributed by atoms with Gasteiger partial charge in [0.2, 0.25) is 0 Å². The Morgan fingerprint density at radius 3 is 2.56 bits per heavy atom. The number of pyridine rings is 1. The summed E-state index contributed by atoms with van der Waals surface area (Å²) in [6.45, 7) is 2.12. The Morgan fingerprint density at radius 2 is 1.89 bits per heavy atom. The molecule has 1 atom stereocenters. The van der Waals surface area contributed by atoms with Crippen molar-refractivity contribution in [3.63, 3.8) is 0 Å². The minimum atomic E-state index is 0.194. The number of nitrogens with zero attached hydrogens (tertiary/aromatic N) is 1. The van der Waals surface area contributed by atoms with Crippen LogP contribution in [0.1, 0.15) is 29.2 Å². The van der Waals surface area contributed by atoms with Gasteiger partial charge in [-0.1, -0.05) is 24.3 Å². The van der Waals surface area contributed by atoms with E-state index in [-0.39, 0.29) is 6.04 Å². The molecular formula is C15H19N3. The maximum Gasteiger partial charge on any atom is 0.0465 e. The average Bonchev–Trinajstić information content (AvgIpc) is 2.42. The monoisotopic (exact) mass is 241 g/mol. The Hall–Kier alpha value is -1.71. The normalized spacial score (nSPS) is 12.3. The zero-order valence-electron chi connectivity index (χ0n) is 10.6. The van der Waals surface area contributed by atoms with Gasteiger partial charge < -0.3 is 0 Å². The number of nitrogens with two attached hydrogens (primary N) is 1. The lowest BCUT2D eigenvalue weighted by molar-refractivity contribution is 0.514. The van der Waals surface area contributed by atoms with Crippen molar-refractivity contribution >= 4 is 0 Å². The average molecular weight is 241 g/mol. The summed E-state index contributed by atoms with van der Waals surface area (Å²) in [5.74, 6) is 5.68. The fourth-order valence-electron chi connectivity index (χ4n) is 2.17. The van der Waals surface area contributed by atoms with Crippen LogP contribution in [0.4, 0.5) is 0 Å². The highest BCUT2D eigenvalue weighted by atomic mass is 15.2.